The second kappa shape index (κ2) is 9.04. The zero-order valence-electron chi connectivity index (χ0n) is 14.5. The fraction of sp³-hybridized carbons (Fsp3) is 1.00. The predicted octanol–water partition coefficient (Wildman–Crippen LogP) is 4.43. The first kappa shape index (κ1) is 18.0. The summed E-state index contributed by atoms with van der Waals surface area (Å²) in [7, 11) is 0. The molecule has 1 aliphatic rings. The summed E-state index contributed by atoms with van der Waals surface area (Å²) in [5.41, 5.74) is 6.55. The summed E-state index contributed by atoms with van der Waals surface area (Å²) in [6, 6.07) is 0. The lowest BCUT2D eigenvalue weighted by Crippen LogP contribution is -2.57. The van der Waals surface area contributed by atoms with E-state index in [-0.39, 0.29) is 0 Å². The topological polar surface area (TPSA) is 29.3 Å². The molecule has 1 rings (SSSR count). The molecule has 0 amide bonds. The highest BCUT2D eigenvalue weighted by Crippen LogP contribution is 2.37. The van der Waals surface area contributed by atoms with E-state index in [0.717, 1.165) is 24.9 Å². The fourth-order valence-electron chi connectivity index (χ4n) is 4.12. The molecule has 0 radical (unpaired) electrons. The van der Waals surface area contributed by atoms with Gasteiger partial charge in [-0.2, -0.15) is 0 Å². The van der Waals surface area contributed by atoms with E-state index in [9.17, 15) is 0 Å². The lowest BCUT2D eigenvalue weighted by Gasteiger charge is -2.48. The minimum Gasteiger partial charge on any atom is -0.329 e. The first-order valence-electron chi connectivity index (χ1n) is 9.06. The Morgan fingerprint density at radius 1 is 1.30 bits per heavy atom. The van der Waals surface area contributed by atoms with Gasteiger partial charge < -0.3 is 5.73 Å². The van der Waals surface area contributed by atoms with Gasteiger partial charge in [-0.25, -0.2) is 0 Å². The summed E-state index contributed by atoms with van der Waals surface area (Å²) in [5, 5.41) is 0. The molecule has 1 fully saturated rings. The number of rotatable bonds is 9. The molecule has 0 aliphatic heterocycles. The van der Waals surface area contributed by atoms with Gasteiger partial charge in [0, 0.05) is 18.6 Å². The van der Waals surface area contributed by atoms with Crippen molar-refractivity contribution in [2.45, 2.75) is 84.6 Å². The van der Waals surface area contributed by atoms with E-state index < -0.39 is 0 Å². The van der Waals surface area contributed by atoms with Crippen LogP contribution < -0.4 is 5.73 Å². The highest BCUT2D eigenvalue weighted by atomic mass is 15.2. The molecule has 3 atom stereocenters. The smallest absolute Gasteiger partial charge is 0.0334 e. The Morgan fingerprint density at radius 2 is 2.05 bits per heavy atom. The summed E-state index contributed by atoms with van der Waals surface area (Å²) in [6.07, 6.45) is 10.8. The molecule has 0 aromatic carbocycles. The van der Waals surface area contributed by atoms with Crippen molar-refractivity contribution in [3.05, 3.63) is 0 Å². The van der Waals surface area contributed by atoms with Crippen molar-refractivity contribution in [2.75, 3.05) is 19.6 Å². The standard InChI is InChI=1S/C18H38N2/c1-5-8-11-17(6-2)14-20(7-3)18(15-19)12-9-10-16(4)13-18/h16-17H,5-15,19H2,1-4H3. The van der Waals surface area contributed by atoms with E-state index in [2.05, 4.69) is 32.6 Å². The highest BCUT2D eigenvalue weighted by Gasteiger charge is 2.38. The first-order valence-corrected chi connectivity index (χ1v) is 9.06. The molecule has 120 valence electrons. The summed E-state index contributed by atoms with van der Waals surface area (Å²) in [6.45, 7) is 12.6. The zero-order valence-corrected chi connectivity index (χ0v) is 14.5. The third-order valence-electron chi connectivity index (χ3n) is 5.52. The SMILES string of the molecule is CCCCC(CC)CN(CC)C1(CN)CCCC(C)C1. The van der Waals surface area contributed by atoms with Crippen LogP contribution in [0.3, 0.4) is 0 Å². The van der Waals surface area contributed by atoms with E-state index in [1.54, 1.807) is 0 Å². The second-order valence-corrected chi connectivity index (χ2v) is 7.09. The average Bonchev–Trinajstić information content (AvgIpc) is 2.47. The van der Waals surface area contributed by atoms with Crippen molar-refractivity contribution in [1.82, 2.24) is 4.90 Å². The van der Waals surface area contributed by atoms with Crippen LogP contribution in [0.2, 0.25) is 0 Å². The molecule has 0 bridgehead atoms. The minimum absolute atomic E-state index is 0.298. The minimum atomic E-state index is 0.298. The number of hydrogen-bond acceptors (Lipinski definition) is 2. The average molecular weight is 283 g/mol. The van der Waals surface area contributed by atoms with Crippen LogP contribution in [0.15, 0.2) is 0 Å². The highest BCUT2D eigenvalue weighted by molar-refractivity contribution is 4.96. The summed E-state index contributed by atoms with van der Waals surface area (Å²) in [5.74, 6) is 1.70. The van der Waals surface area contributed by atoms with Crippen LogP contribution in [0.5, 0.6) is 0 Å². The van der Waals surface area contributed by atoms with E-state index in [1.807, 2.05) is 0 Å². The molecular weight excluding hydrogens is 244 g/mol. The van der Waals surface area contributed by atoms with Gasteiger partial charge in [-0.1, -0.05) is 59.8 Å². The fourth-order valence-corrected chi connectivity index (χ4v) is 4.12. The van der Waals surface area contributed by atoms with E-state index in [4.69, 9.17) is 5.73 Å². The number of nitrogens with two attached hydrogens (primary N) is 1. The molecule has 0 heterocycles. The van der Waals surface area contributed by atoms with Crippen LogP contribution >= 0.6 is 0 Å². The molecule has 2 nitrogen and oxygen atoms in total. The van der Waals surface area contributed by atoms with Gasteiger partial charge in [0.1, 0.15) is 0 Å². The normalized spacial score (nSPS) is 28.8. The molecule has 2 heteroatoms. The lowest BCUT2D eigenvalue weighted by molar-refractivity contribution is 0.0289. The molecule has 1 aliphatic carbocycles. The third kappa shape index (κ3) is 4.73. The van der Waals surface area contributed by atoms with Crippen molar-refractivity contribution in [2.24, 2.45) is 17.6 Å². The Hall–Kier alpha value is -0.0800. The van der Waals surface area contributed by atoms with Gasteiger partial charge in [0.05, 0.1) is 0 Å². The zero-order chi connectivity index (χ0) is 15.0. The van der Waals surface area contributed by atoms with Gasteiger partial charge in [0.25, 0.3) is 0 Å². The molecular formula is C18H38N2. The van der Waals surface area contributed by atoms with Gasteiger partial charge in [-0.05, 0) is 37.6 Å². The van der Waals surface area contributed by atoms with Crippen molar-refractivity contribution in [3.8, 4) is 0 Å². The van der Waals surface area contributed by atoms with Gasteiger partial charge in [0.15, 0.2) is 0 Å². The molecule has 1 saturated carbocycles. The van der Waals surface area contributed by atoms with Crippen LogP contribution in [-0.2, 0) is 0 Å². The van der Waals surface area contributed by atoms with Crippen LogP contribution in [0, 0.1) is 11.8 Å². The van der Waals surface area contributed by atoms with Crippen LogP contribution in [0.4, 0.5) is 0 Å². The largest absolute Gasteiger partial charge is 0.329 e. The number of hydrogen-bond donors (Lipinski definition) is 1. The Kier molecular flexibility index (Phi) is 8.13. The van der Waals surface area contributed by atoms with Gasteiger partial charge in [0.2, 0.25) is 0 Å². The quantitative estimate of drug-likeness (QED) is 0.678. The maximum atomic E-state index is 6.25. The lowest BCUT2D eigenvalue weighted by atomic mass is 9.74. The van der Waals surface area contributed by atoms with Crippen LogP contribution in [-0.4, -0.2) is 30.1 Å². The van der Waals surface area contributed by atoms with Gasteiger partial charge >= 0.3 is 0 Å². The van der Waals surface area contributed by atoms with Crippen molar-refractivity contribution in [1.29, 1.82) is 0 Å². The molecule has 0 saturated heterocycles. The number of nitrogens with zero attached hydrogens (tertiary/aromatic N) is 1. The maximum Gasteiger partial charge on any atom is 0.0334 e. The van der Waals surface area contributed by atoms with E-state index in [0.29, 0.717) is 5.54 Å². The maximum absolute atomic E-state index is 6.25. The van der Waals surface area contributed by atoms with Gasteiger partial charge in [-0.15, -0.1) is 0 Å². The van der Waals surface area contributed by atoms with Crippen molar-refractivity contribution < 1.29 is 0 Å². The van der Waals surface area contributed by atoms with E-state index in [1.165, 1.54) is 57.9 Å². The Morgan fingerprint density at radius 3 is 2.55 bits per heavy atom. The van der Waals surface area contributed by atoms with Gasteiger partial charge in [-0.3, -0.25) is 4.90 Å². The Bertz CT molecular complexity index is 254. The van der Waals surface area contributed by atoms with Crippen molar-refractivity contribution >= 4 is 0 Å². The number of unbranched alkanes of at least 4 members (excludes halogenated alkanes) is 1. The second-order valence-electron chi connectivity index (χ2n) is 7.09. The monoisotopic (exact) mass is 282 g/mol. The molecule has 0 spiro atoms. The molecule has 0 aromatic heterocycles. The molecule has 2 N–H and O–H groups in total. The van der Waals surface area contributed by atoms with E-state index >= 15 is 0 Å². The van der Waals surface area contributed by atoms with Crippen LogP contribution in [0.1, 0.15) is 79.1 Å². The molecule has 0 aromatic rings. The molecule has 20 heavy (non-hydrogen) atoms. The van der Waals surface area contributed by atoms with Crippen LogP contribution in [0.25, 0.3) is 0 Å². The molecule has 3 unspecified atom stereocenters. The summed E-state index contributed by atoms with van der Waals surface area (Å²) in [4.78, 5) is 2.74. The Balaban J connectivity index is 2.70. The Labute approximate surface area is 127 Å². The predicted molar refractivity (Wildman–Crippen MR) is 90.0 cm³/mol. The first-order chi connectivity index (χ1) is 9.61. The number of likely N-dealkylation sites (N-methyl/N-ethyl adjacent to an activating group) is 1. The summed E-state index contributed by atoms with van der Waals surface area (Å²) < 4.78 is 0. The third-order valence-corrected chi connectivity index (χ3v) is 5.52. The summed E-state index contributed by atoms with van der Waals surface area (Å²) >= 11 is 0. The van der Waals surface area contributed by atoms with Crippen molar-refractivity contribution in [3.63, 3.8) is 0 Å².